The van der Waals surface area contributed by atoms with E-state index in [1.165, 1.54) is 12.8 Å². The van der Waals surface area contributed by atoms with E-state index in [-0.39, 0.29) is 11.3 Å². The summed E-state index contributed by atoms with van der Waals surface area (Å²) in [6.07, 6.45) is 6.80. The standard InChI is InChI=1S/C33H39N7O3/c1-33(2,3)29-23-30(37-32(42)36-25-9-13-27(14-10-25)43-28-15-18-34-19-16-28)40(38-29)26-11-7-24(8-12-26)31(41)35-17-6-22-39-20-4-5-21-39/h7-16,18-19,23H,4-6,17,20-22H2,1-3H3,(H,35,41)(H2,36,37,42). The first-order valence-electron chi connectivity index (χ1n) is 14.7. The van der Waals surface area contributed by atoms with E-state index in [2.05, 4.69) is 46.6 Å². The predicted molar refractivity (Wildman–Crippen MR) is 168 cm³/mol. The van der Waals surface area contributed by atoms with Crippen molar-refractivity contribution in [2.45, 2.75) is 45.4 Å². The molecule has 3 heterocycles. The first-order valence-corrected chi connectivity index (χ1v) is 14.7. The SMILES string of the molecule is CC(C)(C)c1cc(NC(=O)Nc2ccc(Oc3ccncc3)cc2)n(-c2ccc(C(=O)NCCCN3CCCC3)cc2)n1. The summed E-state index contributed by atoms with van der Waals surface area (Å²) >= 11 is 0. The zero-order valence-corrected chi connectivity index (χ0v) is 25.0. The highest BCUT2D eigenvalue weighted by Crippen LogP contribution is 2.27. The summed E-state index contributed by atoms with van der Waals surface area (Å²) in [6, 6.07) is 19.3. The van der Waals surface area contributed by atoms with Gasteiger partial charge in [-0.15, -0.1) is 0 Å². The number of likely N-dealkylation sites (tertiary alicyclic amines) is 1. The molecule has 0 spiro atoms. The van der Waals surface area contributed by atoms with Crippen LogP contribution in [0.4, 0.5) is 16.3 Å². The second kappa shape index (κ2) is 13.5. The number of nitrogens with one attached hydrogen (secondary N) is 3. The fraction of sp³-hybridized carbons (Fsp3) is 0.333. The molecule has 3 amide bonds. The van der Waals surface area contributed by atoms with Gasteiger partial charge in [0.15, 0.2) is 0 Å². The molecule has 1 fully saturated rings. The van der Waals surface area contributed by atoms with E-state index in [0.717, 1.165) is 37.4 Å². The zero-order valence-electron chi connectivity index (χ0n) is 25.0. The van der Waals surface area contributed by atoms with Crippen molar-refractivity contribution in [1.29, 1.82) is 0 Å². The van der Waals surface area contributed by atoms with Gasteiger partial charge in [-0.3, -0.25) is 15.1 Å². The lowest BCUT2D eigenvalue weighted by Gasteiger charge is -2.14. The van der Waals surface area contributed by atoms with Crippen molar-refractivity contribution in [2.24, 2.45) is 0 Å². The zero-order chi connectivity index (χ0) is 30.2. The van der Waals surface area contributed by atoms with E-state index in [4.69, 9.17) is 9.84 Å². The van der Waals surface area contributed by atoms with E-state index in [1.54, 1.807) is 65.6 Å². The molecule has 2 aromatic carbocycles. The van der Waals surface area contributed by atoms with Gasteiger partial charge in [0.05, 0.1) is 11.4 Å². The van der Waals surface area contributed by atoms with Crippen LogP contribution >= 0.6 is 0 Å². The lowest BCUT2D eigenvalue weighted by atomic mass is 9.92. The summed E-state index contributed by atoms with van der Waals surface area (Å²) in [5.74, 6) is 1.74. The van der Waals surface area contributed by atoms with Crippen molar-refractivity contribution in [2.75, 3.05) is 36.8 Å². The van der Waals surface area contributed by atoms with Crippen LogP contribution in [-0.2, 0) is 5.41 Å². The number of carbonyl (C=O) groups excluding carboxylic acids is 2. The summed E-state index contributed by atoms with van der Waals surface area (Å²) < 4.78 is 7.48. The monoisotopic (exact) mass is 581 g/mol. The number of nitrogens with zero attached hydrogens (tertiary/aromatic N) is 4. The van der Waals surface area contributed by atoms with Crippen LogP contribution in [0.15, 0.2) is 79.1 Å². The summed E-state index contributed by atoms with van der Waals surface area (Å²) in [5, 5.41) is 13.6. The Hall–Kier alpha value is -4.70. The number of aromatic nitrogens is 3. The van der Waals surface area contributed by atoms with Crippen molar-refractivity contribution in [1.82, 2.24) is 25.0 Å². The number of pyridine rings is 1. The maximum Gasteiger partial charge on any atom is 0.324 e. The number of amides is 3. The highest BCUT2D eigenvalue weighted by molar-refractivity contribution is 5.99. The van der Waals surface area contributed by atoms with Crippen LogP contribution in [0.5, 0.6) is 11.5 Å². The molecule has 0 saturated carbocycles. The van der Waals surface area contributed by atoms with Gasteiger partial charge in [0, 0.05) is 41.7 Å². The van der Waals surface area contributed by atoms with Crippen LogP contribution in [0.3, 0.4) is 0 Å². The maximum atomic E-state index is 13.0. The largest absolute Gasteiger partial charge is 0.457 e. The van der Waals surface area contributed by atoms with Gasteiger partial charge in [0.25, 0.3) is 5.91 Å². The third-order valence-corrected chi connectivity index (χ3v) is 7.23. The minimum absolute atomic E-state index is 0.0984. The Balaban J connectivity index is 1.22. The molecule has 0 bridgehead atoms. The molecular formula is C33H39N7O3. The molecule has 10 nitrogen and oxygen atoms in total. The topological polar surface area (TPSA) is 113 Å². The Labute approximate surface area is 252 Å². The van der Waals surface area contributed by atoms with Gasteiger partial charge in [0.2, 0.25) is 0 Å². The number of ether oxygens (including phenoxy) is 1. The molecule has 5 rings (SSSR count). The summed E-state index contributed by atoms with van der Waals surface area (Å²) in [5.41, 5.74) is 2.50. The van der Waals surface area contributed by atoms with Gasteiger partial charge in [-0.1, -0.05) is 20.8 Å². The Morgan fingerprint density at radius 2 is 1.56 bits per heavy atom. The second-order valence-corrected chi connectivity index (χ2v) is 11.7. The molecule has 2 aromatic heterocycles. The fourth-order valence-corrected chi connectivity index (χ4v) is 4.83. The highest BCUT2D eigenvalue weighted by Gasteiger charge is 2.22. The third kappa shape index (κ3) is 8.20. The van der Waals surface area contributed by atoms with Gasteiger partial charge < -0.3 is 20.3 Å². The van der Waals surface area contributed by atoms with E-state index in [9.17, 15) is 9.59 Å². The number of anilines is 2. The van der Waals surface area contributed by atoms with Crippen molar-refractivity contribution >= 4 is 23.4 Å². The van der Waals surface area contributed by atoms with Crippen molar-refractivity contribution in [3.8, 4) is 17.2 Å². The van der Waals surface area contributed by atoms with Crippen LogP contribution in [0.1, 0.15) is 56.1 Å². The van der Waals surface area contributed by atoms with Gasteiger partial charge in [-0.25, -0.2) is 9.48 Å². The lowest BCUT2D eigenvalue weighted by molar-refractivity contribution is 0.0952. The van der Waals surface area contributed by atoms with Crippen LogP contribution in [0.25, 0.3) is 5.69 Å². The van der Waals surface area contributed by atoms with E-state index in [1.807, 2.05) is 18.2 Å². The van der Waals surface area contributed by atoms with Crippen LogP contribution in [0, 0.1) is 0 Å². The number of urea groups is 1. The summed E-state index contributed by atoms with van der Waals surface area (Å²) in [7, 11) is 0. The number of hydrogen-bond acceptors (Lipinski definition) is 6. The number of benzene rings is 2. The van der Waals surface area contributed by atoms with E-state index in [0.29, 0.717) is 35.1 Å². The molecule has 0 radical (unpaired) electrons. The molecular weight excluding hydrogens is 542 g/mol. The van der Waals surface area contributed by atoms with Crippen molar-refractivity contribution in [3.05, 3.63) is 90.4 Å². The summed E-state index contributed by atoms with van der Waals surface area (Å²) in [4.78, 5) is 32.1. The van der Waals surface area contributed by atoms with E-state index >= 15 is 0 Å². The average Bonchev–Trinajstić information content (AvgIpc) is 3.67. The quantitative estimate of drug-likeness (QED) is 0.192. The first-order chi connectivity index (χ1) is 20.7. The molecule has 4 aromatic rings. The van der Waals surface area contributed by atoms with Crippen molar-refractivity contribution < 1.29 is 14.3 Å². The Kier molecular flexibility index (Phi) is 9.36. The molecule has 43 heavy (non-hydrogen) atoms. The molecule has 1 aliphatic heterocycles. The fourth-order valence-electron chi connectivity index (χ4n) is 4.83. The smallest absolute Gasteiger partial charge is 0.324 e. The molecule has 3 N–H and O–H groups in total. The minimum atomic E-state index is -0.408. The molecule has 1 aliphatic rings. The normalized spacial score (nSPS) is 13.5. The van der Waals surface area contributed by atoms with Gasteiger partial charge in [-0.2, -0.15) is 5.10 Å². The molecule has 224 valence electrons. The number of rotatable bonds is 10. The minimum Gasteiger partial charge on any atom is -0.457 e. The third-order valence-electron chi connectivity index (χ3n) is 7.23. The molecule has 10 heteroatoms. The Morgan fingerprint density at radius 1 is 0.884 bits per heavy atom. The van der Waals surface area contributed by atoms with Crippen LogP contribution in [-0.4, -0.2) is 57.8 Å². The van der Waals surface area contributed by atoms with Gasteiger partial charge >= 0.3 is 6.03 Å². The predicted octanol–water partition coefficient (Wildman–Crippen LogP) is 6.22. The Morgan fingerprint density at radius 3 is 2.23 bits per heavy atom. The molecule has 1 saturated heterocycles. The molecule has 0 unspecified atom stereocenters. The van der Waals surface area contributed by atoms with Crippen LogP contribution < -0.4 is 20.7 Å². The maximum absolute atomic E-state index is 13.0. The first kappa shape index (κ1) is 29.8. The number of carbonyl (C=O) groups is 2. The Bertz CT molecular complexity index is 1510. The van der Waals surface area contributed by atoms with E-state index < -0.39 is 6.03 Å². The lowest BCUT2D eigenvalue weighted by Crippen LogP contribution is -2.28. The highest BCUT2D eigenvalue weighted by atomic mass is 16.5. The van der Waals surface area contributed by atoms with Crippen LogP contribution in [0.2, 0.25) is 0 Å². The number of hydrogen-bond donors (Lipinski definition) is 3. The molecule has 0 aliphatic carbocycles. The average molecular weight is 582 g/mol. The van der Waals surface area contributed by atoms with Gasteiger partial charge in [0.1, 0.15) is 17.3 Å². The molecule has 0 atom stereocenters. The van der Waals surface area contributed by atoms with Crippen molar-refractivity contribution in [3.63, 3.8) is 0 Å². The van der Waals surface area contributed by atoms with Gasteiger partial charge in [-0.05, 0) is 99.6 Å². The summed E-state index contributed by atoms with van der Waals surface area (Å²) in [6.45, 7) is 10.2. The second-order valence-electron chi connectivity index (χ2n) is 11.7.